The summed E-state index contributed by atoms with van der Waals surface area (Å²) in [4.78, 5) is 11.7. The molecule has 2 N–H and O–H groups in total. The quantitative estimate of drug-likeness (QED) is 0.630. The van der Waals surface area contributed by atoms with Crippen LogP contribution in [0.5, 0.6) is 5.75 Å². The Bertz CT molecular complexity index is 566. The molecule has 0 aliphatic heterocycles. The van der Waals surface area contributed by atoms with Gasteiger partial charge in [-0.1, -0.05) is 12.1 Å². The van der Waals surface area contributed by atoms with E-state index in [0.29, 0.717) is 0 Å². The van der Waals surface area contributed by atoms with E-state index in [1.807, 2.05) is 0 Å². The number of halogens is 1. The molecule has 0 radical (unpaired) electrons. The largest absolute Gasteiger partial charge is 0.419 e. The van der Waals surface area contributed by atoms with Gasteiger partial charge in [0.05, 0.1) is 0 Å². The number of ether oxygens (including phenoxy) is 1. The third-order valence-corrected chi connectivity index (χ3v) is 2.15. The number of rotatable bonds is 2. The summed E-state index contributed by atoms with van der Waals surface area (Å²) >= 11 is 0. The van der Waals surface area contributed by atoms with Gasteiger partial charge in [-0.2, -0.15) is 5.10 Å². The predicted molar refractivity (Wildman–Crippen MR) is 59.0 cm³/mol. The molecule has 0 aliphatic rings. The number of aryl methyl sites for hydroxylation is 1. The Balaban J connectivity index is 2.23. The normalized spacial score (nSPS) is 10.2. The number of esters is 1. The van der Waals surface area contributed by atoms with Crippen molar-refractivity contribution in [3.05, 3.63) is 41.8 Å². The van der Waals surface area contributed by atoms with Crippen molar-refractivity contribution < 1.29 is 13.9 Å². The maximum absolute atomic E-state index is 13.2. The Kier molecular flexibility index (Phi) is 2.78. The summed E-state index contributed by atoms with van der Waals surface area (Å²) in [6, 6.07) is 7.02. The lowest BCUT2D eigenvalue weighted by atomic mass is 10.3. The van der Waals surface area contributed by atoms with Crippen LogP contribution >= 0.6 is 0 Å². The van der Waals surface area contributed by atoms with Crippen LogP contribution in [0.1, 0.15) is 10.5 Å². The standard InChI is InChI=1S/C11H10FN3O2/c1-15-8(6-10(13)14-15)11(16)17-9-5-3-2-4-7(9)12/h2-6H,1H3,(H2,13,14). The fourth-order valence-corrected chi connectivity index (χ4v) is 1.36. The Morgan fingerprint density at radius 3 is 2.76 bits per heavy atom. The van der Waals surface area contributed by atoms with E-state index in [4.69, 9.17) is 10.5 Å². The molecule has 88 valence electrons. The molecule has 0 saturated heterocycles. The molecule has 0 aliphatic carbocycles. The van der Waals surface area contributed by atoms with Crippen molar-refractivity contribution in [2.75, 3.05) is 5.73 Å². The van der Waals surface area contributed by atoms with Crippen LogP contribution < -0.4 is 10.5 Å². The fraction of sp³-hybridized carbons (Fsp3) is 0.0909. The van der Waals surface area contributed by atoms with E-state index in [9.17, 15) is 9.18 Å². The minimum Gasteiger partial charge on any atom is -0.419 e. The number of nitrogens with two attached hydrogens (primary N) is 1. The molecule has 0 atom stereocenters. The molecule has 2 rings (SSSR count). The Labute approximate surface area is 96.6 Å². The molecule has 0 spiro atoms. The molecule has 2 aromatic rings. The van der Waals surface area contributed by atoms with Gasteiger partial charge in [-0.15, -0.1) is 0 Å². The maximum atomic E-state index is 13.2. The van der Waals surface area contributed by atoms with Crippen molar-refractivity contribution in [3.63, 3.8) is 0 Å². The molecule has 1 aromatic heterocycles. The number of hydrogen-bond donors (Lipinski definition) is 1. The smallest absolute Gasteiger partial charge is 0.362 e. The van der Waals surface area contributed by atoms with E-state index in [1.54, 1.807) is 13.1 Å². The fourth-order valence-electron chi connectivity index (χ4n) is 1.36. The Hall–Kier alpha value is -2.37. The van der Waals surface area contributed by atoms with Crippen molar-refractivity contribution in [2.45, 2.75) is 0 Å². The van der Waals surface area contributed by atoms with Crippen molar-refractivity contribution in [2.24, 2.45) is 7.05 Å². The molecule has 0 bridgehead atoms. The number of hydrogen-bond acceptors (Lipinski definition) is 4. The van der Waals surface area contributed by atoms with Gasteiger partial charge in [-0.3, -0.25) is 4.68 Å². The van der Waals surface area contributed by atoms with Gasteiger partial charge in [0.25, 0.3) is 0 Å². The zero-order chi connectivity index (χ0) is 12.4. The van der Waals surface area contributed by atoms with Gasteiger partial charge in [0.2, 0.25) is 0 Å². The van der Waals surface area contributed by atoms with E-state index in [-0.39, 0.29) is 17.3 Å². The summed E-state index contributed by atoms with van der Waals surface area (Å²) in [6.07, 6.45) is 0. The van der Waals surface area contributed by atoms with E-state index in [1.165, 1.54) is 28.9 Å². The first kappa shape index (κ1) is 11.1. The minimum absolute atomic E-state index is 0.128. The number of carbonyl (C=O) groups is 1. The average molecular weight is 235 g/mol. The highest BCUT2D eigenvalue weighted by atomic mass is 19.1. The van der Waals surface area contributed by atoms with Crippen LogP contribution in [0, 0.1) is 5.82 Å². The summed E-state index contributed by atoms with van der Waals surface area (Å²) in [7, 11) is 1.55. The summed E-state index contributed by atoms with van der Waals surface area (Å²) < 4.78 is 19.4. The number of anilines is 1. The first-order valence-corrected chi connectivity index (χ1v) is 4.84. The topological polar surface area (TPSA) is 70.1 Å². The van der Waals surface area contributed by atoms with Crippen LogP contribution in [0.3, 0.4) is 0 Å². The first-order chi connectivity index (χ1) is 8.08. The second-order valence-electron chi connectivity index (χ2n) is 3.40. The van der Waals surface area contributed by atoms with Crippen molar-refractivity contribution in [1.29, 1.82) is 0 Å². The number of nitrogen functional groups attached to an aromatic ring is 1. The Morgan fingerprint density at radius 2 is 2.18 bits per heavy atom. The first-order valence-electron chi connectivity index (χ1n) is 4.84. The third kappa shape index (κ3) is 2.25. The van der Waals surface area contributed by atoms with Gasteiger partial charge in [0.1, 0.15) is 11.5 Å². The molecule has 1 heterocycles. The van der Waals surface area contributed by atoms with Crippen LogP contribution in [0.4, 0.5) is 10.2 Å². The van der Waals surface area contributed by atoms with Gasteiger partial charge < -0.3 is 10.5 Å². The number of benzene rings is 1. The van der Waals surface area contributed by atoms with Crippen LogP contribution in [0.15, 0.2) is 30.3 Å². The van der Waals surface area contributed by atoms with Crippen LogP contribution in [-0.2, 0) is 7.05 Å². The zero-order valence-electron chi connectivity index (χ0n) is 9.05. The second kappa shape index (κ2) is 4.25. The van der Waals surface area contributed by atoms with Gasteiger partial charge >= 0.3 is 5.97 Å². The minimum atomic E-state index is -0.707. The van der Waals surface area contributed by atoms with Crippen molar-refractivity contribution in [1.82, 2.24) is 9.78 Å². The van der Waals surface area contributed by atoms with E-state index < -0.39 is 11.8 Å². The lowest BCUT2D eigenvalue weighted by Crippen LogP contribution is -2.14. The summed E-state index contributed by atoms with van der Waals surface area (Å²) in [5, 5.41) is 3.80. The van der Waals surface area contributed by atoms with Gasteiger partial charge in [0, 0.05) is 13.1 Å². The lowest BCUT2D eigenvalue weighted by molar-refractivity contribution is 0.0716. The van der Waals surface area contributed by atoms with E-state index in [2.05, 4.69) is 5.10 Å². The van der Waals surface area contributed by atoms with Crippen LogP contribution in [-0.4, -0.2) is 15.7 Å². The molecule has 1 aromatic carbocycles. The number of carbonyl (C=O) groups excluding carboxylic acids is 1. The van der Waals surface area contributed by atoms with Crippen molar-refractivity contribution in [3.8, 4) is 5.75 Å². The molecule has 0 fully saturated rings. The maximum Gasteiger partial charge on any atom is 0.362 e. The number of nitrogens with zero attached hydrogens (tertiary/aromatic N) is 2. The summed E-state index contributed by atoms with van der Waals surface area (Å²) in [6.45, 7) is 0. The van der Waals surface area contributed by atoms with E-state index in [0.717, 1.165) is 0 Å². The average Bonchev–Trinajstić information content (AvgIpc) is 2.61. The predicted octanol–water partition coefficient (Wildman–Crippen LogP) is 1.36. The molecule has 6 heteroatoms. The Morgan fingerprint density at radius 1 is 1.47 bits per heavy atom. The second-order valence-corrected chi connectivity index (χ2v) is 3.40. The van der Waals surface area contributed by atoms with Gasteiger partial charge in [-0.25, -0.2) is 9.18 Å². The molecule has 0 unspecified atom stereocenters. The van der Waals surface area contributed by atoms with E-state index >= 15 is 0 Å². The number of para-hydroxylation sites is 1. The van der Waals surface area contributed by atoms with Crippen LogP contribution in [0.2, 0.25) is 0 Å². The molecular weight excluding hydrogens is 225 g/mol. The van der Waals surface area contributed by atoms with Crippen LogP contribution in [0.25, 0.3) is 0 Å². The lowest BCUT2D eigenvalue weighted by Gasteiger charge is -2.04. The molecule has 0 amide bonds. The van der Waals surface area contributed by atoms with Crippen molar-refractivity contribution >= 4 is 11.8 Å². The summed E-state index contributed by atoms with van der Waals surface area (Å²) in [5.74, 6) is -1.23. The van der Waals surface area contributed by atoms with Gasteiger partial charge in [0.15, 0.2) is 11.6 Å². The molecule has 17 heavy (non-hydrogen) atoms. The highest BCUT2D eigenvalue weighted by Gasteiger charge is 2.16. The van der Waals surface area contributed by atoms with Gasteiger partial charge in [-0.05, 0) is 12.1 Å². The number of aromatic nitrogens is 2. The third-order valence-electron chi connectivity index (χ3n) is 2.15. The summed E-state index contributed by atoms with van der Waals surface area (Å²) in [5.41, 5.74) is 5.58. The highest BCUT2D eigenvalue weighted by molar-refractivity contribution is 5.90. The molecule has 5 nitrogen and oxygen atoms in total. The monoisotopic (exact) mass is 235 g/mol. The zero-order valence-corrected chi connectivity index (χ0v) is 9.05. The molecule has 0 saturated carbocycles. The molecular formula is C11H10FN3O2. The SMILES string of the molecule is Cn1nc(N)cc1C(=O)Oc1ccccc1F. The highest BCUT2D eigenvalue weighted by Crippen LogP contribution is 2.17.